The molecule has 0 aromatic carbocycles. The van der Waals surface area contributed by atoms with Crippen LogP contribution in [-0.2, 0) is 4.79 Å². The molecule has 1 unspecified atom stereocenters. The maximum absolute atomic E-state index is 12.1. The first-order valence-electron chi connectivity index (χ1n) is 5.84. The van der Waals surface area contributed by atoms with E-state index in [1.807, 2.05) is 0 Å². The van der Waals surface area contributed by atoms with Crippen LogP contribution in [0.25, 0.3) is 0 Å². The number of hydrogen-bond acceptors (Lipinski definition) is 4. The fraction of sp³-hybridized carbons (Fsp3) is 0.545. The zero-order valence-electron chi connectivity index (χ0n) is 9.35. The average molecular weight is 234 g/mol. The number of rotatable bonds is 3. The van der Waals surface area contributed by atoms with E-state index < -0.39 is 0 Å². The Kier molecular flexibility index (Phi) is 2.35. The van der Waals surface area contributed by atoms with Gasteiger partial charge in [-0.05, 0) is 12.8 Å². The smallest absolute Gasteiger partial charge is 0.293 e. The van der Waals surface area contributed by atoms with Gasteiger partial charge in [0, 0.05) is 31.4 Å². The van der Waals surface area contributed by atoms with Crippen LogP contribution in [0.15, 0.2) is 17.2 Å². The molecule has 17 heavy (non-hydrogen) atoms. The van der Waals surface area contributed by atoms with Gasteiger partial charge in [-0.1, -0.05) is 0 Å². The van der Waals surface area contributed by atoms with Crippen molar-refractivity contribution in [3.8, 4) is 0 Å². The monoisotopic (exact) mass is 234 g/mol. The standard InChI is InChI=1S/C11H14N4O2/c16-9-5-7(6-13-9)14-10-11(17)15(4-3-12-10)8-1-2-8/h3-4,7-8H,1-2,5-6H2,(H,12,14)(H,13,16). The molecule has 1 saturated carbocycles. The van der Waals surface area contributed by atoms with Crippen LogP contribution in [0.2, 0.25) is 0 Å². The SMILES string of the molecule is O=C1CC(Nc2nccn(C3CC3)c2=O)CN1. The summed E-state index contributed by atoms with van der Waals surface area (Å²) in [5.41, 5.74) is -0.0886. The van der Waals surface area contributed by atoms with Crippen molar-refractivity contribution in [1.82, 2.24) is 14.9 Å². The van der Waals surface area contributed by atoms with Gasteiger partial charge < -0.3 is 15.2 Å². The van der Waals surface area contributed by atoms with Gasteiger partial charge in [0.15, 0.2) is 5.82 Å². The number of amides is 1. The van der Waals surface area contributed by atoms with Crippen LogP contribution in [0.4, 0.5) is 5.82 Å². The van der Waals surface area contributed by atoms with Gasteiger partial charge in [0.25, 0.3) is 5.56 Å². The molecule has 0 radical (unpaired) electrons. The van der Waals surface area contributed by atoms with Crippen molar-refractivity contribution in [3.63, 3.8) is 0 Å². The normalized spacial score (nSPS) is 23.5. The van der Waals surface area contributed by atoms with Crippen LogP contribution >= 0.6 is 0 Å². The molecular formula is C11H14N4O2. The van der Waals surface area contributed by atoms with Crippen molar-refractivity contribution < 1.29 is 4.79 Å². The molecule has 2 N–H and O–H groups in total. The van der Waals surface area contributed by atoms with Crippen LogP contribution in [0.1, 0.15) is 25.3 Å². The summed E-state index contributed by atoms with van der Waals surface area (Å²) in [6, 6.07) is 0.312. The van der Waals surface area contributed by atoms with Crippen LogP contribution in [0.5, 0.6) is 0 Å². The Labute approximate surface area is 98.0 Å². The minimum absolute atomic E-state index is 0.0148. The van der Waals surface area contributed by atoms with Crippen molar-refractivity contribution in [2.45, 2.75) is 31.3 Å². The molecule has 1 aromatic heterocycles. The fourth-order valence-corrected chi connectivity index (χ4v) is 2.06. The molecule has 1 aliphatic heterocycles. The third-order valence-electron chi connectivity index (χ3n) is 3.13. The van der Waals surface area contributed by atoms with Gasteiger partial charge in [0.05, 0.1) is 6.04 Å². The van der Waals surface area contributed by atoms with Crippen molar-refractivity contribution in [3.05, 3.63) is 22.7 Å². The number of anilines is 1. The number of nitrogens with one attached hydrogen (secondary N) is 2. The van der Waals surface area contributed by atoms with Crippen LogP contribution < -0.4 is 16.2 Å². The Hall–Kier alpha value is -1.85. The summed E-state index contributed by atoms with van der Waals surface area (Å²) in [6.45, 7) is 0.554. The maximum Gasteiger partial charge on any atom is 0.293 e. The lowest BCUT2D eigenvalue weighted by atomic mass is 10.2. The van der Waals surface area contributed by atoms with E-state index in [4.69, 9.17) is 0 Å². The first-order valence-corrected chi connectivity index (χ1v) is 5.84. The lowest BCUT2D eigenvalue weighted by molar-refractivity contribution is -0.119. The summed E-state index contributed by atoms with van der Waals surface area (Å²) in [5.74, 6) is 0.363. The first kappa shape index (κ1) is 10.3. The first-order chi connectivity index (χ1) is 8.24. The predicted octanol–water partition coefficient (Wildman–Crippen LogP) is -0.121. The highest BCUT2D eigenvalue weighted by atomic mass is 16.2. The van der Waals surface area contributed by atoms with E-state index >= 15 is 0 Å². The van der Waals surface area contributed by atoms with Gasteiger partial charge in [-0.2, -0.15) is 0 Å². The van der Waals surface area contributed by atoms with E-state index in [0.717, 1.165) is 12.8 Å². The molecule has 1 saturated heterocycles. The van der Waals surface area contributed by atoms with E-state index in [9.17, 15) is 9.59 Å². The Morgan fingerprint density at radius 1 is 1.41 bits per heavy atom. The third kappa shape index (κ3) is 2.02. The number of nitrogens with zero attached hydrogens (tertiary/aromatic N) is 2. The number of hydrogen-bond donors (Lipinski definition) is 2. The van der Waals surface area contributed by atoms with E-state index in [1.165, 1.54) is 0 Å². The van der Waals surface area contributed by atoms with Crippen LogP contribution in [-0.4, -0.2) is 28.0 Å². The predicted molar refractivity (Wildman–Crippen MR) is 61.8 cm³/mol. The van der Waals surface area contributed by atoms with E-state index in [0.29, 0.717) is 24.8 Å². The van der Waals surface area contributed by atoms with Crippen molar-refractivity contribution in [2.75, 3.05) is 11.9 Å². The van der Waals surface area contributed by atoms with Gasteiger partial charge >= 0.3 is 0 Å². The Morgan fingerprint density at radius 2 is 2.24 bits per heavy atom. The van der Waals surface area contributed by atoms with Gasteiger partial charge in [0.1, 0.15) is 0 Å². The van der Waals surface area contributed by atoms with Gasteiger partial charge in [-0.25, -0.2) is 4.98 Å². The van der Waals surface area contributed by atoms with E-state index in [1.54, 1.807) is 17.0 Å². The summed E-state index contributed by atoms with van der Waals surface area (Å²) in [4.78, 5) is 27.2. The molecule has 6 heteroatoms. The molecule has 1 aromatic rings. The largest absolute Gasteiger partial charge is 0.360 e. The van der Waals surface area contributed by atoms with Gasteiger partial charge in [0.2, 0.25) is 5.91 Å². The van der Waals surface area contributed by atoms with Gasteiger partial charge in [-0.3, -0.25) is 9.59 Å². The maximum atomic E-state index is 12.1. The molecule has 1 amide bonds. The summed E-state index contributed by atoms with van der Waals surface area (Å²) in [5, 5.41) is 5.76. The number of carbonyl (C=O) groups is 1. The molecule has 6 nitrogen and oxygen atoms in total. The minimum Gasteiger partial charge on any atom is -0.360 e. The zero-order chi connectivity index (χ0) is 11.8. The zero-order valence-corrected chi connectivity index (χ0v) is 9.35. The Morgan fingerprint density at radius 3 is 2.88 bits per heavy atom. The summed E-state index contributed by atoms with van der Waals surface area (Å²) in [7, 11) is 0. The highest BCUT2D eigenvalue weighted by Gasteiger charge is 2.27. The molecule has 2 aliphatic rings. The second kappa shape index (κ2) is 3.87. The van der Waals surface area contributed by atoms with Crippen molar-refractivity contribution in [2.24, 2.45) is 0 Å². The fourth-order valence-electron chi connectivity index (χ4n) is 2.06. The van der Waals surface area contributed by atoms with E-state index in [2.05, 4.69) is 15.6 Å². The molecule has 2 fully saturated rings. The molecule has 3 rings (SSSR count). The molecule has 0 spiro atoms. The Balaban J connectivity index is 1.80. The minimum atomic E-state index is -0.0886. The highest BCUT2D eigenvalue weighted by Crippen LogP contribution is 2.33. The second-order valence-electron chi connectivity index (χ2n) is 4.57. The highest BCUT2D eigenvalue weighted by molar-refractivity contribution is 5.79. The van der Waals surface area contributed by atoms with Crippen molar-refractivity contribution >= 4 is 11.7 Å². The van der Waals surface area contributed by atoms with Gasteiger partial charge in [-0.15, -0.1) is 0 Å². The molecule has 90 valence electrons. The Bertz CT molecular complexity index is 506. The van der Waals surface area contributed by atoms with Crippen LogP contribution in [0, 0.1) is 0 Å². The number of carbonyl (C=O) groups excluding carboxylic acids is 1. The van der Waals surface area contributed by atoms with E-state index in [-0.39, 0.29) is 17.5 Å². The lowest BCUT2D eigenvalue weighted by Crippen LogP contribution is -2.30. The summed E-state index contributed by atoms with van der Waals surface area (Å²) < 4.78 is 1.72. The quantitative estimate of drug-likeness (QED) is 0.764. The summed E-state index contributed by atoms with van der Waals surface area (Å²) in [6.07, 6.45) is 5.88. The topological polar surface area (TPSA) is 76.0 Å². The molecule has 0 bridgehead atoms. The van der Waals surface area contributed by atoms with Crippen molar-refractivity contribution in [1.29, 1.82) is 0 Å². The molecule has 2 heterocycles. The average Bonchev–Trinajstić information content (AvgIpc) is 3.06. The number of aromatic nitrogens is 2. The molecular weight excluding hydrogens is 220 g/mol. The third-order valence-corrected chi connectivity index (χ3v) is 3.13. The molecule has 1 atom stereocenters. The van der Waals surface area contributed by atoms with Crippen LogP contribution in [0.3, 0.4) is 0 Å². The molecule has 1 aliphatic carbocycles. The lowest BCUT2D eigenvalue weighted by Gasteiger charge is -2.11. The summed E-state index contributed by atoms with van der Waals surface area (Å²) >= 11 is 0. The second-order valence-corrected chi connectivity index (χ2v) is 4.57.